The smallest absolute Gasteiger partial charge is 0.338 e. The van der Waals surface area contributed by atoms with Gasteiger partial charge in [0.05, 0.1) is 17.6 Å². The molecule has 0 amide bonds. The number of carbonyl (C=O) groups is 2. The summed E-state index contributed by atoms with van der Waals surface area (Å²) in [5, 5.41) is 19.5. The molecule has 0 atom stereocenters. The molecule has 0 aliphatic heterocycles. The molecule has 0 bridgehead atoms. The van der Waals surface area contributed by atoms with Crippen molar-refractivity contribution in [3.63, 3.8) is 0 Å². The van der Waals surface area contributed by atoms with Gasteiger partial charge in [-0.3, -0.25) is 9.59 Å². The average Bonchev–Trinajstić information content (AvgIpc) is 2.66. The Morgan fingerprint density at radius 1 is 1.17 bits per heavy atom. The molecule has 2 aromatic carbocycles. The maximum absolute atomic E-state index is 12.5. The van der Waals surface area contributed by atoms with Gasteiger partial charge in [0, 0.05) is 6.92 Å². The van der Waals surface area contributed by atoms with E-state index in [-0.39, 0.29) is 22.9 Å². The minimum atomic E-state index is -0.830. The van der Waals surface area contributed by atoms with E-state index >= 15 is 0 Å². The molecule has 0 aliphatic rings. The summed E-state index contributed by atoms with van der Waals surface area (Å²) in [6, 6.07) is 4.95. The van der Waals surface area contributed by atoms with Gasteiger partial charge in [-0.25, -0.2) is 4.79 Å². The zero-order chi connectivity index (χ0) is 17.9. The molecule has 0 saturated heterocycles. The van der Waals surface area contributed by atoms with Crippen molar-refractivity contribution in [3.8, 4) is 17.2 Å². The quantitative estimate of drug-likeness (QED) is 0.651. The Morgan fingerprint density at radius 3 is 2.50 bits per heavy atom. The number of esters is 2. The van der Waals surface area contributed by atoms with Crippen LogP contribution in [0.1, 0.15) is 30.6 Å². The predicted molar refractivity (Wildman–Crippen MR) is 85.4 cm³/mol. The molecule has 0 aliphatic carbocycles. The number of hydrogen-bond acceptors (Lipinski definition) is 7. The molecule has 2 aromatic rings. The summed E-state index contributed by atoms with van der Waals surface area (Å²) in [6.45, 7) is 3.12. The first kappa shape index (κ1) is 17.3. The van der Waals surface area contributed by atoms with Crippen LogP contribution in [0.5, 0.6) is 17.2 Å². The molecule has 0 heterocycles. The summed E-state index contributed by atoms with van der Waals surface area (Å²) in [5.41, 5.74) is -0.847. The number of fused-ring (bicyclic) bond motifs is 1. The summed E-state index contributed by atoms with van der Waals surface area (Å²) in [7, 11) is 0. The van der Waals surface area contributed by atoms with Crippen LogP contribution in [0.2, 0.25) is 0 Å². The largest absolute Gasteiger partial charge is 0.504 e. The first-order chi connectivity index (χ1) is 11.3. The molecular weight excluding hydrogens is 316 g/mol. The number of ether oxygens (including phenoxy) is 2. The van der Waals surface area contributed by atoms with E-state index in [1.54, 1.807) is 0 Å². The van der Waals surface area contributed by atoms with Crippen molar-refractivity contribution in [2.75, 3.05) is 6.61 Å². The fourth-order valence-electron chi connectivity index (χ4n) is 2.12. The summed E-state index contributed by atoms with van der Waals surface area (Å²) >= 11 is 0. The number of phenolic OH excluding ortho intramolecular Hbond substituents is 2. The van der Waals surface area contributed by atoms with E-state index in [9.17, 15) is 24.6 Å². The van der Waals surface area contributed by atoms with E-state index in [4.69, 9.17) is 9.47 Å². The van der Waals surface area contributed by atoms with Crippen LogP contribution in [-0.4, -0.2) is 28.8 Å². The number of carbonyl (C=O) groups excluding carboxylic acids is 2. The van der Waals surface area contributed by atoms with E-state index in [0.29, 0.717) is 6.42 Å². The third kappa shape index (κ3) is 3.45. The van der Waals surface area contributed by atoms with Gasteiger partial charge < -0.3 is 19.7 Å². The van der Waals surface area contributed by atoms with E-state index in [2.05, 4.69) is 0 Å². The highest BCUT2D eigenvalue weighted by molar-refractivity contribution is 5.97. The Morgan fingerprint density at radius 2 is 1.88 bits per heavy atom. The SMILES string of the molecule is CCCOC(=O)c1cc(OC(C)=O)c(=O)c2c(O)c(O)ccc2c1. The lowest BCUT2D eigenvalue weighted by Gasteiger charge is -2.02. The second kappa shape index (κ2) is 6.99. The second-order valence-corrected chi connectivity index (χ2v) is 5.06. The maximum Gasteiger partial charge on any atom is 0.338 e. The van der Waals surface area contributed by atoms with Gasteiger partial charge in [0.2, 0.25) is 5.43 Å². The van der Waals surface area contributed by atoms with Gasteiger partial charge in [-0.15, -0.1) is 0 Å². The third-order valence-corrected chi connectivity index (χ3v) is 3.16. The number of aromatic hydroxyl groups is 2. The number of benzene rings is 1. The number of hydrogen-bond donors (Lipinski definition) is 2. The van der Waals surface area contributed by atoms with Crippen molar-refractivity contribution in [3.05, 3.63) is 40.1 Å². The van der Waals surface area contributed by atoms with E-state index in [1.807, 2.05) is 6.92 Å². The van der Waals surface area contributed by atoms with Crippen LogP contribution < -0.4 is 10.2 Å². The fourth-order valence-corrected chi connectivity index (χ4v) is 2.12. The molecule has 0 aromatic heterocycles. The molecule has 126 valence electrons. The lowest BCUT2D eigenvalue weighted by atomic mass is 10.1. The van der Waals surface area contributed by atoms with Crippen LogP contribution in [0.3, 0.4) is 0 Å². The summed E-state index contributed by atoms with van der Waals surface area (Å²) < 4.78 is 9.88. The molecule has 0 unspecified atom stereocenters. The highest BCUT2D eigenvalue weighted by atomic mass is 16.5. The Labute approximate surface area is 137 Å². The summed E-state index contributed by atoms with van der Waals surface area (Å²) in [6.07, 6.45) is 0.615. The molecule has 2 N–H and O–H groups in total. The normalized spacial score (nSPS) is 10.4. The van der Waals surface area contributed by atoms with Crippen molar-refractivity contribution in [2.45, 2.75) is 20.3 Å². The van der Waals surface area contributed by atoms with Crippen LogP contribution in [0, 0.1) is 0 Å². The Hall–Kier alpha value is -3.09. The molecule has 24 heavy (non-hydrogen) atoms. The molecule has 0 fully saturated rings. The Kier molecular flexibility index (Phi) is 5.03. The Balaban J connectivity index is 2.80. The average molecular weight is 332 g/mol. The van der Waals surface area contributed by atoms with Gasteiger partial charge >= 0.3 is 11.9 Å². The molecule has 0 saturated carbocycles. The van der Waals surface area contributed by atoms with E-state index < -0.39 is 34.6 Å². The van der Waals surface area contributed by atoms with Gasteiger partial charge in [0.15, 0.2) is 17.2 Å². The first-order valence-corrected chi connectivity index (χ1v) is 7.23. The molecule has 7 nitrogen and oxygen atoms in total. The maximum atomic E-state index is 12.5. The molecule has 0 radical (unpaired) electrons. The molecule has 0 spiro atoms. The van der Waals surface area contributed by atoms with Gasteiger partial charge in [-0.05, 0) is 30.0 Å². The van der Waals surface area contributed by atoms with Crippen molar-refractivity contribution in [1.82, 2.24) is 0 Å². The van der Waals surface area contributed by atoms with E-state index in [1.165, 1.54) is 18.2 Å². The van der Waals surface area contributed by atoms with E-state index in [0.717, 1.165) is 13.0 Å². The van der Waals surface area contributed by atoms with Gasteiger partial charge in [0.1, 0.15) is 0 Å². The fraction of sp³-hybridized carbons (Fsp3) is 0.235. The lowest BCUT2D eigenvalue weighted by Crippen LogP contribution is -2.11. The topological polar surface area (TPSA) is 110 Å². The highest BCUT2D eigenvalue weighted by Gasteiger charge is 2.17. The lowest BCUT2D eigenvalue weighted by molar-refractivity contribution is -0.131. The van der Waals surface area contributed by atoms with Crippen molar-refractivity contribution >= 4 is 22.7 Å². The predicted octanol–water partition coefficient (Wildman–Crippen LogP) is 2.10. The molecule has 7 heteroatoms. The molecule has 2 rings (SSSR count). The number of phenols is 2. The van der Waals surface area contributed by atoms with Crippen molar-refractivity contribution in [1.29, 1.82) is 0 Å². The van der Waals surface area contributed by atoms with Gasteiger partial charge in [0.25, 0.3) is 0 Å². The number of rotatable bonds is 4. The highest BCUT2D eigenvalue weighted by Crippen LogP contribution is 2.32. The third-order valence-electron chi connectivity index (χ3n) is 3.16. The zero-order valence-electron chi connectivity index (χ0n) is 13.2. The molecular formula is C17H16O7. The summed E-state index contributed by atoms with van der Waals surface area (Å²) in [5.74, 6) is -3.07. The van der Waals surface area contributed by atoms with Crippen molar-refractivity contribution in [2.24, 2.45) is 0 Å². The second-order valence-electron chi connectivity index (χ2n) is 5.06. The van der Waals surface area contributed by atoms with Crippen LogP contribution in [0.25, 0.3) is 10.8 Å². The van der Waals surface area contributed by atoms with Crippen LogP contribution >= 0.6 is 0 Å². The van der Waals surface area contributed by atoms with Crippen molar-refractivity contribution < 1.29 is 29.3 Å². The first-order valence-electron chi connectivity index (χ1n) is 7.23. The monoisotopic (exact) mass is 332 g/mol. The van der Waals surface area contributed by atoms with Gasteiger partial charge in [-0.2, -0.15) is 0 Å². The minimum absolute atomic E-state index is 0.0168. The van der Waals surface area contributed by atoms with Gasteiger partial charge in [-0.1, -0.05) is 13.0 Å². The van der Waals surface area contributed by atoms with Crippen LogP contribution in [0.15, 0.2) is 29.1 Å². The van der Waals surface area contributed by atoms with Crippen LogP contribution in [-0.2, 0) is 9.53 Å². The van der Waals surface area contributed by atoms with Crippen LogP contribution in [0.4, 0.5) is 0 Å². The Bertz CT molecular complexity index is 871. The minimum Gasteiger partial charge on any atom is -0.504 e. The zero-order valence-corrected chi connectivity index (χ0v) is 13.2. The standard InChI is InChI=1S/C17H16O7/c1-3-6-23-17(22)11-7-10-4-5-12(19)15(20)14(10)16(21)13(8-11)24-9(2)18/h4-5,7-8,19-20H,3,6H2,1-2H3. The summed E-state index contributed by atoms with van der Waals surface area (Å²) in [4.78, 5) is 35.9.